The van der Waals surface area contributed by atoms with Crippen LogP contribution in [0.5, 0.6) is 0 Å². The highest BCUT2D eigenvalue weighted by atomic mass is 15.3. The van der Waals surface area contributed by atoms with E-state index in [0.717, 1.165) is 13.0 Å². The minimum Gasteiger partial charge on any atom is -0.316 e. The molecule has 2 atom stereocenters. The number of aliphatic imine (C=N–C) groups is 1. The van der Waals surface area contributed by atoms with Crippen molar-refractivity contribution in [3.8, 4) is 0 Å². The first-order valence-corrected chi connectivity index (χ1v) is 6.43. The van der Waals surface area contributed by atoms with Crippen LogP contribution in [0.2, 0.25) is 0 Å². The normalized spacial score (nSPS) is 23.3. The molecule has 1 rings (SSSR count). The summed E-state index contributed by atoms with van der Waals surface area (Å²) in [5, 5.41) is 0. The molecule has 0 bridgehead atoms. The molecular formula is C13H25N3. The molecule has 2 N–H and O–H groups in total. The minimum atomic E-state index is 0.114. The van der Waals surface area contributed by atoms with Gasteiger partial charge in [-0.1, -0.05) is 25.5 Å². The van der Waals surface area contributed by atoms with Gasteiger partial charge in [0, 0.05) is 12.8 Å². The summed E-state index contributed by atoms with van der Waals surface area (Å²) < 4.78 is 0. The molecule has 92 valence electrons. The second kappa shape index (κ2) is 7.58. The molecule has 1 heterocycles. The zero-order valence-electron chi connectivity index (χ0n) is 10.6. The Balaban J connectivity index is 2.14. The van der Waals surface area contributed by atoms with Gasteiger partial charge in [-0.3, -0.25) is 9.89 Å². The Hall–Kier alpha value is -0.670. The monoisotopic (exact) mass is 223 g/mol. The van der Waals surface area contributed by atoms with E-state index >= 15 is 0 Å². The highest BCUT2D eigenvalue weighted by Gasteiger charge is 2.22. The van der Waals surface area contributed by atoms with Gasteiger partial charge < -0.3 is 5.73 Å². The molecule has 0 saturated heterocycles. The standard InChI is InChI=1S/C13H25N3/c1-3-4-5-6-7-8-9-13-15-10-11-16(13)12(2)14/h5-6,10,12-13H,3-4,7-9,11,14H2,1-2H3/b6-5+. The first-order valence-electron chi connectivity index (χ1n) is 6.43. The SMILES string of the molecule is CCC/C=C/CCCC1N=CCN1C(C)N. The van der Waals surface area contributed by atoms with E-state index in [0.29, 0.717) is 6.17 Å². The van der Waals surface area contributed by atoms with Gasteiger partial charge in [0.05, 0.1) is 6.17 Å². The first-order chi connectivity index (χ1) is 7.75. The molecule has 2 unspecified atom stereocenters. The highest BCUT2D eigenvalue weighted by molar-refractivity contribution is 5.62. The zero-order chi connectivity index (χ0) is 11.8. The lowest BCUT2D eigenvalue weighted by Gasteiger charge is -2.26. The predicted octanol–water partition coefficient (Wildman–Crippen LogP) is 2.53. The quantitative estimate of drug-likeness (QED) is 0.532. The molecule has 0 aromatic heterocycles. The van der Waals surface area contributed by atoms with Gasteiger partial charge >= 0.3 is 0 Å². The van der Waals surface area contributed by atoms with Crippen molar-refractivity contribution >= 4 is 6.21 Å². The zero-order valence-corrected chi connectivity index (χ0v) is 10.6. The Morgan fingerprint density at radius 1 is 1.50 bits per heavy atom. The number of hydrogen-bond acceptors (Lipinski definition) is 3. The largest absolute Gasteiger partial charge is 0.316 e. The number of unbranched alkanes of at least 4 members (excludes halogenated alkanes) is 2. The Kier molecular flexibility index (Phi) is 6.34. The number of rotatable bonds is 7. The van der Waals surface area contributed by atoms with Crippen LogP contribution < -0.4 is 5.73 Å². The fourth-order valence-electron chi connectivity index (χ4n) is 1.97. The number of hydrogen-bond donors (Lipinski definition) is 1. The van der Waals surface area contributed by atoms with E-state index in [2.05, 4.69) is 29.0 Å². The van der Waals surface area contributed by atoms with Crippen molar-refractivity contribution in [1.82, 2.24) is 4.90 Å². The van der Waals surface area contributed by atoms with Gasteiger partial charge in [-0.05, 0) is 32.6 Å². The maximum absolute atomic E-state index is 5.89. The van der Waals surface area contributed by atoms with Crippen molar-refractivity contribution in [2.45, 2.75) is 58.3 Å². The maximum Gasteiger partial charge on any atom is 0.103 e. The number of nitrogens with zero attached hydrogens (tertiary/aromatic N) is 2. The van der Waals surface area contributed by atoms with E-state index in [-0.39, 0.29) is 6.17 Å². The van der Waals surface area contributed by atoms with Gasteiger partial charge in [-0.15, -0.1) is 0 Å². The Labute approximate surface area is 99.4 Å². The van der Waals surface area contributed by atoms with Crippen LogP contribution in [-0.4, -0.2) is 30.0 Å². The van der Waals surface area contributed by atoms with E-state index in [1.54, 1.807) is 0 Å². The summed E-state index contributed by atoms with van der Waals surface area (Å²) in [6, 6.07) is 0. The van der Waals surface area contributed by atoms with Crippen molar-refractivity contribution in [1.29, 1.82) is 0 Å². The smallest absolute Gasteiger partial charge is 0.103 e. The molecule has 1 aliphatic heterocycles. The van der Waals surface area contributed by atoms with Crippen LogP contribution in [0.3, 0.4) is 0 Å². The number of nitrogens with two attached hydrogens (primary N) is 1. The minimum absolute atomic E-state index is 0.114. The summed E-state index contributed by atoms with van der Waals surface area (Å²) in [7, 11) is 0. The third-order valence-corrected chi connectivity index (χ3v) is 2.93. The molecule has 0 amide bonds. The summed E-state index contributed by atoms with van der Waals surface area (Å²) >= 11 is 0. The maximum atomic E-state index is 5.89. The van der Waals surface area contributed by atoms with E-state index in [9.17, 15) is 0 Å². The van der Waals surface area contributed by atoms with E-state index < -0.39 is 0 Å². The molecule has 0 aliphatic carbocycles. The Bertz CT molecular complexity index is 233. The van der Waals surface area contributed by atoms with Gasteiger partial charge in [0.1, 0.15) is 6.17 Å². The molecule has 0 saturated carbocycles. The summed E-state index contributed by atoms with van der Waals surface area (Å²) in [5.41, 5.74) is 5.89. The summed E-state index contributed by atoms with van der Waals surface area (Å²) in [6.07, 6.45) is 12.9. The van der Waals surface area contributed by atoms with Crippen LogP contribution in [0.25, 0.3) is 0 Å². The lowest BCUT2D eigenvalue weighted by atomic mass is 10.1. The van der Waals surface area contributed by atoms with Gasteiger partial charge in [0.2, 0.25) is 0 Å². The van der Waals surface area contributed by atoms with Crippen molar-refractivity contribution in [3.05, 3.63) is 12.2 Å². The fourth-order valence-corrected chi connectivity index (χ4v) is 1.97. The van der Waals surface area contributed by atoms with Crippen molar-refractivity contribution in [3.63, 3.8) is 0 Å². The Morgan fingerprint density at radius 2 is 2.25 bits per heavy atom. The average Bonchev–Trinajstić information content (AvgIpc) is 2.71. The molecular weight excluding hydrogens is 198 g/mol. The number of allylic oxidation sites excluding steroid dienone is 2. The first kappa shape index (κ1) is 13.4. The van der Waals surface area contributed by atoms with Crippen molar-refractivity contribution < 1.29 is 0 Å². The molecule has 0 radical (unpaired) electrons. The van der Waals surface area contributed by atoms with E-state index in [1.807, 2.05) is 13.1 Å². The van der Waals surface area contributed by atoms with E-state index in [4.69, 9.17) is 5.73 Å². The van der Waals surface area contributed by atoms with Crippen LogP contribution in [0.1, 0.15) is 46.0 Å². The summed E-state index contributed by atoms with van der Waals surface area (Å²) in [4.78, 5) is 6.71. The molecule has 1 aliphatic rings. The van der Waals surface area contributed by atoms with Crippen LogP contribution in [0, 0.1) is 0 Å². The molecule has 0 aromatic rings. The van der Waals surface area contributed by atoms with Crippen molar-refractivity contribution in [2.24, 2.45) is 10.7 Å². The highest BCUT2D eigenvalue weighted by Crippen LogP contribution is 2.15. The molecule has 0 aromatic carbocycles. The van der Waals surface area contributed by atoms with Crippen LogP contribution in [0.4, 0.5) is 0 Å². The van der Waals surface area contributed by atoms with Gasteiger partial charge in [0.15, 0.2) is 0 Å². The molecule has 0 spiro atoms. The third-order valence-electron chi connectivity index (χ3n) is 2.93. The van der Waals surface area contributed by atoms with Gasteiger partial charge in [0.25, 0.3) is 0 Å². The lowest BCUT2D eigenvalue weighted by molar-refractivity contribution is 0.183. The second-order valence-corrected chi connectivity index (χ2v) is 4.44. The van der Waals surface area contributed by atoms with Crippen LogP contribution >= 0.6 is 0 Å². The van der Waals surface area contributed by atoms with Crippen LogP contribution in [-0.2, 0) is 0 Å². The molecule has 0 fully saturated rings. The van der Waals surface area contributed by atoms with Gasteiger partial charge in [-0.25, -0.2) is 0 Å². The predicted molar refractivity (Wildman–Crippen MR) is 70.5 cm³/mol. The molecule has 3 nitrogen and oxygen atoms in total. The van der Waals surface area contributed by atoms with E-state index in [1.165, 1.54) is 25.7 Å². The third kappa shape index (κ3) is 4.45. The van der Waals surface area contributed by atoms with Gasteiger partial charge in [-0.2, -0.15) is 0 Å². The summed E-state index contributed by atoms with van der Waals surface area (Å²) in [5.74, 6) is 0. The van der Waals surface area contributed by atoms with Crippen LogP contribution in [0.15, 0.2) is 17.1 Å². The second-order valence-electron chi connectivity index (χ2n) is 4.44. The molecule has 3 heteroatoms. The topological polar surface area (TPSA) is 41.6 Å². The summed E-state index contributed by atoms with van der Waals surface area (Å²) in [6.45, 7) is 5.15. The average molecular weight is 223 g/mol. The Morgan fingerprint density at radius 3 is 2.94 bits per heavy atom. The fraction of sp³-hybridized carbons (Fsp3) is 0.769. The molecule has 16 heavy (non-hydrogen) atoms. The van der Waals surface area contributed by atoms with Crippen molar-refractivity contribution in [2.75, 3.05) is 6.54 Å². The lowest BCUT2D eigenvalue weighted by Crippen LogP contribution is -2.43.